The van der Waals surface area contributed by atoms with Crippen LogP contribution in [0.25, 0.3) is 0 Å². The summed E-state index contributed by atoms with van der Waals surface area (Å²) in [6.45, 7) is 5.33. The highest BCUT2D eigenvalue weighted by molar-refractivity contribution is 5.89. The molecule has 0 N–H and O–H groups in total. The number of benzene rings is 2. The summed E-state index contributed by atoms with van der Waals surface area (Å²) in [5, 5.41) is 0. The fourth-order valence-electron chi connectivity index (χ4n) is 2.03. The lowest BCUT2D eigenvalue weighted by Gasteiger charge is -2.19. The van der Waals surface area contributed by atoms with Gasteiger partial charge >= 0.3 is 11.9 Å². The molecule has 0 aliphatic heterocycles. The summed E-state index contributed by atoms with van der Waals surface area (Å²) in [5.74, 6) is -0.517. The van der Waals surface area contributed by atoms with Gasteiger partial charge in [0, 0.05) is 0 Å². The molecule has 0 aliphatic rings. The van der Waals surface area contributed by atoms with Crippen LogP contribution in [0, 0.1) is 0 Å². The Kier molecular flexibility index (Phi) is 6.17. The Bertz CT molecular complexity index is 716. The molecule has 0 unspecified atom stereocenters. The van der Waals surface area contributed by atoms with Gasteiger partial charge in [0.2, 0.25) is 0 Å². The van der Waals surface area contributed by atoms with E-state index in [4.69, 9.17) is 14.2 Å². The largest absolute Gasteiger partial charge is 0.482 e. The van der Waals surface area contributed by atoms with E-state index in [1.807, 2.05) is 30.3 Å². The van der Waals surface area contributed by atoms with Crippen molar-refractivity contribution >= 4 is 11.9 Å². The molecular weight excluding hydrogens is 320 g/mol. The lowest BCUT2D eigenvalue weighted by atomic mass is 10.2. The van der Waals surface area contributed by atoms with Crippen molar-refractivity contribution in [2.75, 3.05) is 6.61 Å². The van der Waals surface area contributed by atoms with Crippen LogP contribution in [0.15, 0.2) is 54.6 Å². The van der Waals surface area contributed by atoms with Crippen molar-refractivity contribution in [2.24, 2.45) is 0 Å². The van der Waals surface area contributed by atoms with Gasteiger partial charge in [-0.05, 0) is 44.5 Å². The molecule has 0 atom stereocenters. The van der Waals surface area contributed by atoms with E-state index in [9.17, 15) is 9.59 Å². The van der Waals surface area contributed by atoms with Crippen molar-refractivity contribution in [3.8, 4) is 5.75 Å². The Morgan fingerprint density at radius 3 is 2.36 bits per heavy atom. The molecular formula is C20H22O5. The fraction of sp³-hybridized carbons (Fsp3) is 0.300. The molecule has 25 heavy (non-hydrogen) atoms. The van der Waals surface area contributed by atoms with Crippen LogP contribution in [-0.4, -0.2) is 24.1 Å². The molecule has 0 bridgehead atoms. The van der Waals surface area contributed by atoms with Crippen molar-refractivity contribution in [2.45, 2.75) is 33.0 Å². The predicted octanol–water partition coefficient (Wildman–Crippen LogP) is 3.76. The van der Waals surface area contributed by atoms with Crippen molar-refractivity contribution in [3.05, 3.63) is 65.7 Å². The molecule has 0 spiro atoms. The number of carbonyl (C=O) groups is 2. The number of ether oxygens (including phenoxy) is 3. The minimum absolute atomic E-state index is 0.197. The molecule has 0 radical (unpaired) electrons. The van der Waals surface area contributed by atoms with Crippen LogP contribution in [0.4, 0.5) is 0 Å². The van der Waals surface area contributed by atoms with Crippen LogP contribution in [0.3, 0.4) is 0 Å². The summed E-state index contributed by atoms with van der Waals surface area (Å²) in [6.07, 6.45) is 0. The van der Waals surface area contributed by atoms with E-state index < -0.39 is 17.5 Å². The topological polar surface area (TPSA) is 61.8 Å². The second-order valence-electron chi connectivity index (χ2n) is 6.46. The average molecular weight is 342 g/mol. The second-order valence-corrected chi connectivity index (χ2v) is 6.46. The third-order valence-corrected chi connectivity index (χ3v) is 3.06. The first kappa shape index (κ1) is 18.5. The van der Waals surface area contributed by atoms with E-state index in [1.54, 1.807) is 39.0 Å². The molecule has 5 nitrogen and oxygen atoms in total. The number of carbonyl (C=O) groups excluding carboxylic acids is 2. The Morgan fingerprint density at radius 2 is 1.68 bits per heavy atom. The molecule has 0 saturated carbocycles. The Hall–Kier alpha value is -2.82. The minimum Gasteiger partial charge on any atom is -0.482 e. The smallest absolute Gasteiger partial charge is 0.344 e. The van der Waals surface area contributed by atoms with Crippen molar-refractivity contribution in [1.82, 2.24) is 0 Å². The van der Waals surface area contributed by atoms with E-state index in [1.165, 1.54) is 6.07 Å². The number of hydrogen-bond acceptors (Lipinski definition) is 5. The molecule has 0 aromatic heterocycles. The standard InChI is InChI=1S/C20H22O5/c1-20(2,3)25-18(21)14-23-17-11-7-10-16(12-17)19(22)24-13-15-8-5-4-6-9-15/h4-12H,13-14H2,1-3H3. The van der Waals surface area contributed by atoms with Gasteiger partial charge in [0.15, 0.2) is 6.61 Å². The summed E-state index contributed by atoms with van der Waals surface area (Å²) in [6, 6.07) is 15.9. The lowest BCUT2D eigenvalue weighted by Crippen LogP contribution is -2.27. The van der Waals surface area contributed by atoms with Gasteiger partial charge < -0.3 is 14.2 Å². The van der Waals surface area contributed by atoms with Gasteiger partial charge in [-0.15, -0.1) is 0 Å². The summed E-state index contributed by atoms with van der Waals surface area (Å²) in [7, 11) is 0. The number of hydrogen-bond donors (Lipinski definition) is 0. The predicted molar refractivity (Wildman–Crippen MR) is 93.3 cm³/mol. The van der Waals surface area contributed by atoms with E-state index in [0.29, 0.717) is 11.3 Å². The Labute approximate surface area is 147 Å². The average Bonchev–Trinajstić information content (AvgIpc) is 2.57. The molecule has 5 heteroatoms. The van der Waals surface area contributed by atoms with Crippen LogP contribution in [-0.2, 0) is 20.9 Å². The first-order chi connectivity index (χ1) is 11.8. The van der Waals surface area contributed by atoms with E-state index in [0.717, 1.165) is 5.56 Å². The highest BCUT2D eigenvalue weighted by Gasteiger charge is 2.17. The molecule has 2 aromatic carbocycles. The third-order valence-electron chi connectivity index (χ3n) is 3.06. The zero-order valence-corrected chi connectivity index (χ0v) is 14.7. The van der Waals surface area contributed by atoms with Crippen molar-refractivity contribution in [3.63, 3.8) is 0 Å². The monoisotopic (exact) mass is 342 g/mol. The van der Waals surface area contributed by atoms with Crippen LogP contribution in [0.1, 0.15) is 36.7 Å². The molecule has 0 heterocycles. The normalized spacial score (nSPS) is 10.8. The number of rotatable bonds is 6. The summed E-state index contributed by atoms with van der Waals surface area (Å²) in [4.78, 5) is 23.8. The van der Waals surface area contributed by atoms with Crippen LogP contribution >= 0.6 is 0 Å². The molecule has 0 fully saturated rings. The second kappa shape index (κ2) is 8.33. The van der Waals surface area contributed by atoms with Gasteiger partial charge in [0.05, 0.1) is 5.56 Å². The van der Waals surface area contributed by atoms with Crippen LogP contribution < -0.4 is 4.74 Å². The SMILES string of the molecule is CC(C)(C)OC(=O)COc1cccc(C(=O)OCc2ccccc2)c1. The minimum atomic E-state index is -0.566. The first-order valence-corrected chi connectivity index (χ1v) is 7.99. The molecule has 0 aliphatic carbocycles. The molecule has 132 valence electrons. The van der Waals surface area contributed by atoms with Gasteiger partial charge in [-0.25, -0.2) is 9.59 Å². The van der Waals surface area contributed by atoms with Gasteiger partial charge in [-0.2, -0.15) is 0 Å². The van der Waals surface area contributed by atoms with Crippen LogP contribution in [0.2, 0.25) is 0 Å². The zero-order valence-electron chi connectivity index (χ0n) is 14.7. The highest BCUT2D eigenvalue weighted by Crippen LogP contribution is 2.16. The summed E-state index contributed by atoms with van der Waals surface area (Å²) < 4.78 is 15.8. The van der Waals surface area contributed by atoms with E-state index >= 15 is 0 Å². The lowest BCUT2D eigenvalue weighted by molar-refractivity contribution is -0.157. The van der Waals surface area contributed by atoms with Gasteiger partial charge in [0.1, 0.15) is 18.0 Å². The maximum atomic E-state index is 12.1. The first-order valence-electron chi connectivity index (χ1n) is 7.99. The molecule has 0 amide bonds. The van der Waals surface area contributed by atoms with E-state index in [-0.39, 0.29) is 13.2 Å². The maximum absolute atomic E-state index is 12.1. The highest BCUT2D eigenvalue weighted by atomic mass is 16.6. The summed E-state index contributed by atoms with van der Waals surface area (Å²) >= 11 is 0. The van der Waals surface area contributed by atoms with Crippen LogP contribution in [0.5, 0.6) is 5.75 Å². The molecule has 2 aromatic rings. The van der Waals surface area contributed by atoms with E-state index in [2.05, 4.69) is 0 Å². The van der Waals surface area contributed by atoms with Gasteiger partial charge in [0.25, 0.3) is 0 Å². The fourth-order valence-corrected chi connectivity index (χ4v) is 2.03. The van der Waals surface area contributed by atoms with Crippen molar-refractivity contribution < 1.29 is 23.8 Å². The molecule has 2 rings (SSSR count). The summed E-state index contributed by atoms with van der Waals surface area (Å²) in [5.41, 5.74) is 0.703. The quantitative estimate of drug-likeness (QED) is 0.748. The van der Waals surface area contributed by atoms with Crippen molar-refractivity contribution in [1.29, 1.82) is 0 Å². The number of esters is 2. The third kappa shape index (κ3) is 6.67. The molecule has 0 saturated heterocycles. The Balaban J connectivity index is 1.89. The maximum Gasteiger partial charge on any atom is 0.344 e. The zero-order chi connectivity index (χ0) is 18.3. The van der Waals surface area contributed by atoms with Gasteiger partial charge in [-0.3, -0.25) is 0 Å². The van der Waals surface area contributed by atoms with Gasteiger partial charge in [-0.1, -0.05) is 36.4 Å². The Morgan fingerprint density at radius 1 is 0.960 bits per heavy atom.